The number of fused-ring (bicyclic) bond motifs is 1. The molecule has 0 aliphatic heterocycles. The van der Waals surface area contributed by atoms with E-state index in [9.17, 15) is 18.7 Å². The molecule has 142 valence electrons. The van der Waals surface area contributed by atoms with E-state index in [2.05, 4.69) is 15.3 Å². The molecule has 0 saturated carbocycles. The van der Waals surface area contributed by atoms with Crippen molar-refractivity contribution in [3.8, 4) is 11.5 Å². The van der Waals surface area contributed by atoms with Gasteiger partial charge in [-0.3, -0.25) is 9.36 Å². The average Bonchev–Trinajstić information content (AvgIpc) is 2.61. The van der Waals surface area contributed by atoms with E-state index in [0.717, 1.165) is 12.1 Å². The van der Waals surface area contributed by atoms with E-state index in [1.807, 2.05) is 6.92 Å². The van der Waals surface area contributed by atoms with Gasteiger partial charge in [0.15, 0.2) is 17.3 Å². The molecule has 0 spiro atoms. The third kappa shape index (κ3) is 4.03. The molecule has 0 saturated heterocycles. The maximum absolute atomic E-state index is 13.9. The van der Waals surface area contributed by atoms with Gasteiger partial charge in [0.25, 0.3) is 5.56 Å². The summed E-state index contributed by atoms with van der Waals surface area (Å²) in [5, 5.41) is 13.2. The van der Waals surface area contributed by atoms with Gasteiger partial charge in [-0.2, -0.15) is 4.98 Å². The van der Waals surface area contributed by atoms with Crippen LogP contribution in [-0.2, 0) is 6.54 Å². The summed E-state index contributed by atoms with van der Waals surface area (Å²) in [5.74, 6) is -1.83. The molecule has 27 heavy (non-hydrogen) atoms. The Balaban J connectivity index is 2.14. The summed E-state index contributed by atoms with van der Waals surface area (Å²) in [6, 6.07) is 4.17. The van der Waals surface area contributed by atoms with Crippen LogP contribution < -0.4 is 15.6 Å². The number of rotatable bonds is 6. The smallest absolute Gasteiger partial charge is 0.295 e. The molecular formula is C18H18F2N4O3. The number of anilines is 1. The van der Waals surface area contributed by atoms with Crippen LogP contribution in [0.2, 0.25) is 0 Å². The van der Waals surface area contributed by atoms with Crippen molar-refractivity contribution in [2.24, 2.45) is 0 Å². The first-order valence-electron chi connectivity index (χ1n) is 8.34. The molecule has 0 unspecified atom stereocenters. The van der Waals surface area contributed by atoms with Gasteiger partial charge in [0, 0.05) is 24.2 Å². The molecule has 0 fully saturated rings. The summed E-state index contributed by atoms with van der Waals surface area (Å²) in [6.07, 6.45) is 0.660. The molecule has 2 heterocycles. The van der Waals surface area contributed by atoms with Crippen LogP contribution in [0.5, 0.6) is 11.5 Å². The highest BCUT2D eigenvalue weighted by Crippen LogP contribution is 2.25. The molecule has 1 atom stereocenters. The maximum atomic E-state index is 13.9. The van der Waals surface area contributed by atoms with E-state index >= 15 is 0 Å². The minimum Gasteiger partial charge on any atom is -0.448 e. The highest BCUT2D eigenvalue weighted by Gasteiger charge is 2.16. The topological polar surface area (TPSA) is 89.3 Å². The third-order valence-electron chi connectivity index (χ3n) is 3.69. The van der Waals surface area contributed by atoms with Gasteiger partial charge in [-0.05, 0) is 32.0 Å². The molecule has 0 aliphatic rings. The molecule has 0 radical (unpaired) electrons. The van der Waals surface area contributed by atoms with Crippen molar-refractivity contribution >= 4 is 17.0 Å². The van der Waals surface area contributed by atoms with Gasteiger partial charge in [0.1, 0.15) is 11.5 Å². The Morgan fingerprint density at radius 1 is 1.30 bits per heavy atom. The Labute approximate surface area is 153 Å². The minimum atomic E-state index is -0.935. The van der Waals surface area contributed by atoms with Crippen LogP contribution in [0.4, 0.5) is 14.7 Å². The SMILES string of the molecule is CCNc1ncc2cc(Oc3ccc(F)cc3F)c(=O)n(C[C@@H](C)O)c2n1. The first kappa shape index (κ1) is 18.7. The fourth-order valence-corrected chi connectivity index (χ4v) is 2.56. The summed E-state index contributed by atoms with van der Waals surface area (Å²) in [5.41, 5.74) is -0.299. The van der Waals surface area contributed by atoms with Crippen LogP contribution in [0.3, 0.4) is 0 Å². The van der Waals surface area contributed by atoms with Crippen LogP contribution in [0, 0.1) is 11.6 Å². The number of aliphatic hydroxyl groups excluding tert-OH is 1. The summed E-state index contributed by atoms with van der Waals surface area (Å²) in [4.78, 5) is 21.3. The maximum Gasteiger partial charge on any atom is 0.295 e. The highest BCUT2D eigenvalue weighted by atomic mass is 19.1. The van der Waals surface area contributed by atoms with Crippen LogP contribution in [0.25, 0.3) is 11.0 Å². The predicted octanol–water partition coefficient (Wildman–Crippen LogP) is 2.67. The zero-order valence-electron chi connectivity index (χ0n) is 14.7. The lowest BCUT2D eigenvalue weighted by molar-refractivity contribution is 0.173. The van der Waals surface area contributed by atoms with Crippen LogP contribution in [-0.4, -0.2) is 32.3 Å². The van der Waals surface area contributed by atoms with Crippen molar-refractivity contribution < 1.29 is 18.6 Å². The number of hydrogen-bond donors (Lipinski definition) is 2. The second-order valence-corrected chi connectivity index (χ2v) is 5.95. The Hall–Kier alpha value is -3.07. The summed E-state index contributed by atoms with van der Waals surface area (Å²) in [6.45, 7) is 3.96. The second-order valence-electron chi connectivity index (χ2n) is 5.95. The fourth-order valence-electron chi connectivity index (χ4n) is 2.56. The third-order valence-corrected chi connectivity index (χ3v) is 3.69. The monoisotopic (exact) mass is 376 g/mol. The van der Waals surface area contributed by atoms with Gasteiger partial charge in [0.05, 0.1) is 12.6 Å². The van der Waals surface area contributed by atoms with Crippen molar-refractivity contribution in [1.82, 2.24) is 14.5 Å². The quantitative estimate of drug-likeness (QED) is 0.688. The van der Waals surface area contributed by atoms with E-state index < -0.39 is 23.3 Å². The predicted molar refractivity (Wildman–Crippen MR) is 96.1 cm³/mol. The number of hydrogen-bond acceptors (Lipinski definition) is 6. The number of nitrogens with zero attached hydrogens (tertiary/aromatic N) is 3. The Bertz CT molecular complexity index is 1040. The number of pyridine rings is 1. The summed E-state index contributed by atoms with van der Waals surface area (Å²) < 4.78 is 33.6. The number of nitrogens with one attached hydrogen (secondary N) is 1. The van der Waals surface area contributed by atoms with E-state index in [0.29, 0.717) is 29.6 Å². The normalized spacial score (nSPS) is 12.2. The van der Waals surface area contributed by atoms with Crippen molar-refractivity contribution in [2.75, 3.05) is 11.9 Å². The number of halogens is 2. The van der Waals surface area contributed by atoms with Crippen molar-refractivity contribution in [2.45, 2.75) is 26.5 Å². The molecule has 0 aliphatic carbocycles. The van der Waals surface area contributed by atoms with Gasteiger partial charge < -0.3 is 15.2 Å². The Morgan fingerprint density at radius 3 is 2.74 bits per heavy atom. The van der Waals surface area contributed by atoms with Gasteiger partial charge in [-0.15, -0.1) is 0 Å². The number of aliphatic hydroxyl groups is 1. The number of benzene rings is 1. The van der Waals surface area contributed by atoms with Gasteiger partial charge in [-0.25, -0.2) is 13.8 Å². The lowest BCUT2D eigenvalue weighted by atomic mass is 10.3. The molecule has 0 amide bonds. The molecule has 3 aromatic rings. The summed E-state index contributed by atoms with van der Waals surface area (Å²) in [7, 11) is 0. The highest BCUT2D eigenvalue weighted by molar-refractivity contribution is 5.77. The first-order valence-corrected chi connectivity index (χ1v) is 8.34. The lowest BCUT2D eigenvalue weighted by Crippen LogP contribution is -2.27. The lowest BCUT2D eigenvalue weighted by Gasteiger charge is -2.15. The Morgan fingerprint density at radius 2 is 2.07 bits per heavy atom. The van der Waals surface area contributed by atoms with Crippen molar-refractivity contribution in [1.29, 1.82) is 0 Å². The average molecular weight is 376 g/mol. The fraction of sp³-hybridized carbons (Fsp3) is 0.278. The second kappa shape index (κ2) is 7.67. The van der Waals surface area contributed by atoms with Crippen molar-refractivity contribution in [3.63, 3.8) is 0 Å². The van der Waals surface area contributed by atoms with Crippen LogP contribution >= 0.6 is 0 Å². The van der Waals surface area contributed by atoms with Gasteiger partial charge in [-0.1, -0.05) is 0 Å². The largest absolute Gasteiger partial charge is 0.448 e. The van der Waals surface area contributed by atoms with Gasteiger partial charge >= 0.3 is 0 Å². The zero-order valence-corrected chi connectivity index (χ0v) is 14.7. The van der Waals surface area contributed by atoms with E-state index in [1.165, 1.54) is 23.8 Å². The molecule has 1 aromatic carbocycles. The van der Waals surface area contributed by atoms with Crippen LogP contribution in [0.1, 0.15) is 13.8 Å². The minimum absolute atomic E-state index is 0.0407. The molecule has 7 nitrogen and oxygen atoms in total. The molecule has 9 heteroatoms. The Kier molecular flexibility index (Phi) is 5.31. The molecule has 2 aromatic heterocycles. The van der Waals surface area contributed by atoms with E-state index in [1.54, 1.807) is 0 Å². The van der Waals surface area contributed by atoms with Crippen molar-refractivity contribution in [3.05, 3.63) is 52.5 Å². The molecular weight excluding hydrogens is 358 g/mol. The molecule has 3 rings (SSSR count). The number of aromatic nitrogens is 3. The summed E-state index contributed by atoms with van der Waals surface area (Å²) >= 11 is 0. The standard InChI is InChI=1S/C18H18F2N4O3/c1-3-21-18-22-8-11-6-15(27-14-5-4-12(19)7-13(14)20)17(26)24(9-10(2)25)16(11)23-18/h4-8,10,25H,3,9H2,1-2H3,(H,21,22,23)/t10-/m1/s1. The zero-order chi connectivity index (χ0) is 19.6. The van der Waals surface area contributed by atoms with Crippen LogP contribution in [0.15, 0.2) is 35.3 Å². The number of ether oxygens (including phenoxy) is 1. The van der Waals surface area contributed by atoms with Gasteiger partial charge in [0.2, 0.25) is 5.95 Å². The van der Waals surface area contributed by atoms with E-state index in [4.69, 9.17) is 4.74 Å². The molecule has 0 bridgehead atoms. The molecule has 2 N–H and O–H groups in total. The first-order chi connectivity index (χ1) is 12.9. The van der Waals surface area contributed by atoms with E-state index in [-0.39, 0.29) is 18.0 Å².